The monoisotopic (exact) mass is 305 g/mol. The Balaban J connectivity index is 2.71. The van der Waals surface area contributed by atoms with Gasteiger partial charge in [0.15, 0.2) is 6.10 Å². The molecule has 0 bridgehead atoms. The molecule has 1 aromatic carbocycles. The van der Waals surface area contributed by atoms with Crippen LogP contribution < -0.4 is 5.32 Å². The number of benzene rings is 1. The highest BCUT2D eigenvalue weighted by atomic mass is 16.5. The molecule has 0 aliphatic carbocycles. The average molecular weight is 305 g/mol. The predicted octanol–water partition coefficient (Wildman–Crippen LogP) is 3.05. The molecule has 0 heterocycles. The van der Waals surface area contributed by atoms with E-state index in [0.717, 1.165) is 0 Å². The van der Waals surface area contributed by atoms with Gasteiger partial charge in [0, 0.05) is 17.2 Å². The van der Waals surface area contributed by atoms with Crippen LogP contribution in [0.5, 0.6) is 0 Å². The molecule has 5 heteroatoms. The maximum atomic E-state index is 12.2. The van der Waals surface area contributed by atoms with Crippen molar-refractivity contribution in [3.05, 3.63) is 29.8 Å². The van der Waals surface area contributed by atoms with Gasteiger partial charge in [0.05, 0.1) is 5.92 Å². The molecule has 1 aromatic rings. The van der Waals surface area contributed by atoms with E-state index in [1.54, 1.807) is 58.9 Å². The third-order valence-electron chi connectivity index (χ3n) is 3.09. The number of ketones is 1. The van der Waals surface area contributed by atoms with Crippen molar-refractivity contribution >= 4 is 23.3 Å². The minimum absolute atomic E-state index is 0.0849. The summed E-state index contributed by atoms with van der Waals surface area (Å²) in [7, 11) is 0. The van der Waals surface area contributed by atoms with Crippen molar-refractivity contribution in [1.82, 2.24) is 0 Å². The number of nitrogens with one attached hydrogen (secondary N) is 1. The third-order valence-corrected chi connectivity index (χ3v) is 3.09. The number of carbonyl (C=O) groups excluding carboxylic acids is 3. The van der Waals surface area contributed by atoms with Crippen molar-refractivity contribution < 1.29 is 19.1 Å². The second-order valence-electron chi connectivity index (χ2n) is 5.82. The molecular formula is C17H23NO4. The molecule has 0 aliphatic rings. The van der Waals surface area contributed by atoms with Gasteiger partial charge in [-0.15, -0.1) is 0 Å². The molecule has 1 N–H and O–H groups in total. The number of amides is 1. The topological polar surface area (TPSA) is 72.5 Å². The number of hydrogen-bond donors (Lipinski definition) is 1. The fourth-order valence-electron chi connectivity index (χ4n) is 1.60. The Hall–Kier alpha value is -2.17. The fraction of sp³-hybridized carbons (Fsp3) is 0.471. The van der Waals surface area contributed by atoms with Gasteiger partial charge in [0.2, 0.25) is 11.7 Å². The molecule has 1 rings (SSSR count). The lowest BCUT2D eigenvalue weighted by molar-refractivity contribution is -0.150. The molecule has 0 saturated carbocycles. The zero-order valence-corrected chi connectivity index (χ0v) is 13.7. The summed E-state index contributed by atoms with van der Waals surface area (Å²) in [4.78, 5) is 35.3. The van der Waals surface area contributed by atoms with Crippen LogP contribution in [0.25, 0.3) is 0 Å². The maximum absolute atomic E-state index is 12.2. The normalized spacial score (nSPS) is 12.1. The molecule has 1 atom stereocenters. The number of carbonyl (C=O) groups is 3. The van der Waals surface area contributed by atoms with Crippen molar-refractivity contribution in [2.75, 3.05) is 5.32 Å². The molecule has 0 spiro atoms. The Morgan fingerprint density at radius 1 is 0.909 bits per heavy atom. The second kappa shape index (κ2) is 7.73. The summed E-state index contributed by atoms with van der Waals surface area (Å²) >= 11 is 0. The van der Waals surface area contributed by atoms with Crippen molar-refractivity contribution in [3.8, 4) is 0 Å². The Labute approximate surface area is 131 Å². The minimum atomic E-state index is -0.828. The van der Waals surface area contributed by atoms with E-state index in [9.17, 15) is 14.4 Å². The largest absolute Gasteiger partial charge is 0.454 e. The maximum Gasteiger partial charge on any atom is 0.309 e. The van der Waals surface area contributed by atoms with E-state index in [1.807, 2.05) is 0 Å². The van der Waals surface area contributed by atoms with E-state index < -0.39 is 12.1 Å². The van der Waals surface area contributed by atoms with Crippen LogP contribution in [-0.2, 0) is 14.3 Å². The lowest BCUT2D eigenvalue weighted by Crippen LogP contribution is -2.26. The van der Waals surface area contributed by atoms with Crippen LogP contribution in [0, 0.1) is 11.8 Å². The number of anilines is 1. The van der Waals surface area contributed by atoms with E-state index in [0.29, 0.717) is 11.3 Å². The average Bonchev–Trinajstić information content (AvgIpc) is 2.46. The summed E-state index contributed by atoms with van der Waals surface area (Å²) in [5, 5.41) is 2.75. The lowest BCUT2D eigenvalue weighted by atomic mass is 10.1. The van der Waals surface area contributed by atoms with Crippen LogP contribution in [0.15, 0.2) is 24.3 Å². The van der Waals surface area contributed by atoms with Crippen molar-refractivity contribution in [2.45, 2.75) is 40.7 Å². The molecule has 0 radical (unpaired) electrons. The third kappa shape index (κ3) is 4.98. The van der Waals surface area contributed by atoms with Crippen molar-refractivity contribution in [1.29, 1.82) is 0 Å². The predicted molar refractivity (Wildman–Crippen MR) is 84.6 cm³/mol. The van der Waals surface area contributed by atoms with E-state index in [-0.39, 0.29) is 23.5 Å². The molecule has 0 saturated heterocycles. The van der Waals surface area contributed by atoms with E-state index >= 15 is 0 Å². The first-order valence-corrected chi connectivity index (χ1v) is 7.38. The number of Topliss-reactive ketones (excluding diaryl/α,β-unsaturated/α-hetero) is 1. The van der Waals surface area contributed by atoms with Gasteiger partial charge in [-0.3, -0.25) is 14.4 Å². The molecular weight excluding hydrogens is 282 g/mol. The zero-order valence-electron chi connectivity index (χ0n) is 13.7. The van der Waals surface area contributed by atoms with Gasteiger partial charge >= 0.3 is 5.97 Å². The summed E-state index contributed by atoms with van der Waals surface area (Å²) in [6.07, 6.45) is -0.828. The van der Waals surface area contributed by atoms with Gasteiger partial charge in [-0.25, -0.2) is 0 Å². The van der Waals surface area contributed by atoms with Crippen LogP contribution in [0.4, 0.5) is 5.69 Å². The van der Waals surface area contributed by atoms with Crippen LogP contribution >= 0.6 is 0 Å². The summed E-state index contributed by atoms with van der Waals surface area (Å²) in [5.41, 5.74) is 1.06. The van der Waals surface area contributed by atoms with Gasteiger partial charge in [0.1, 0.15) is 0 Å². The van der Waals surface area contributed by atoms with Crippen molar-refractivity contribution in [2.24, 2.45) is 11.8 Å². The molecule has 1 amide bonds. The standard InChI is InChI=1S/C17H23NO4/c1-10(2)16(20)18-14-8-6-13(7-9-14)15(19)12(5)22-17(21)11(3)4/h6-12H,1-5H3,(H,18,20). The number of esters is 1. The van der Waals surface area contributed by atoms with E-state index in [1.165, 1.54) is 0 Å². The Kier molecular flexibility index (Phi) is 6.28. The first-order valence-electron chi connectivity index (χ1n) is 7.38. The molecule has 0 aliphatic heterocycles. The minimum Gasteiger partial charge on any atom is -0.454 e. The smallest absolute Gasteiger partial charge is 0.309 e. The number of ether oxygens (including phenoxy) is 1. The van der Waals surface area contributed by atoms with Gasteiger partial charge in [-0.1, -0.05) is 27.7 Å². The quantitative estimate of drug-likeness (QED) is 0.647. The lowest BCUT2D eigenvalue weighted by Gasteiger charge is -2.14. The summed E-state index contributed by atoms with van der Waals surface area (Å²) < 4.78 is 5.10. The van der Waals surface area contributed by atoms with E-state index in [2.05, 4.69) is 5.32 Å². The fourth-order valence-corrected chi connectivity index (χ4v) is 1.60. The van der Waals surface area contributed by atoms with Crippen LogP contribution in [0.1, 0.15) is 45.0 Å². The van der Waals surface area contributed by atoms with Gasteiger partial charge in [-0.05, 0) is 31.2 Å². The Bertz CT molecular complexity index is 546. The van der Waals surface area contributed by atoms with Gasteiger partial charge in [0.25, 0.3) is 0 Å². The summed E-state index contributed by atoms with van der Waals surface area (Å²) in [6, 6.07) is 6.53. The zero-order chi connectivity index (χ0) is 16.9. The van der Waals surface area contributed by atoms with Crippen LogP contribution in [0.2, 0.25) is 0 Å². The van der Waals surface area contributed by atoms with Crippen LogP contribution in [0.3, 0.4) is 0 Å². The van der Waals surface area contributed by atoms with Gasteiger partial charge in [-0.2, -0.15) is 0 Å². The summed E-state index contributed by atoms with van der Waals surface area (Å²) in [5.74, 6) is -1.14. The summed E-state index contributed by atoms with van der Waals surface area (Å²) in [6.45, 7) is 8.59. The van der Waals surface area contributed by atoms with Gasteiger partial charge < -0.3 is 10.1 Å². The highest BCUT2D eigenvalue weighted by Crippen LogP contribution is 2.14. The van der Waals surface area contributed by atoms with E-state index in [4.69, 9.17) is 4.74 Å². The molecule has 120 valence electrons. The van der Waals surface area contributed by atoms with Crippen molar-refractivity contribution in [3.63, 3.8) is 0 Å². The highest BCUT2D eigenvalue weighted by Gasteiger charge is 2.21. The second-order valence-corrected chi connectivity index (χ2v) is 5.82. The Morgan fingerprint density at radius 2 is 1.45 bits per heavy atom. The highest BCUT2D eigenvalue weighted by molar-refractivity contribution is 6.01. The number of hydrogen-bond acceptors (Lipinski definition) is 4. The number of rotatable bonds is 6. The first kappa shape index (κ1) is 17.9. The molecule has 0 fully saturated rings. The SMILES string of the molecule is CC(C)C(=O)Nc1ccc(C(=O)C(C)OC(=O)C(C)C)cc1. The molecule has 22 heavy (non-hydrogen) atoms. The Morgan fingerprint density at radius 3 is 1.91 bits per heavy atom. The molecule has 0 aromatic heterocycles. The molecule has 5 nitrogen and oxygen atoms in total. The molecule has 1 unspecified atom stereocenters. The van der Waals surface area contributed by atoms with Crippen LogP contribution in [-0.4, -0.2) is 23.8 Å². The first-order chi connectivity index (χ1) is 10.2.